The quantitative estimate of drug-likeness (QED) is 0.703. The minimum absolute atomic E-state index is 0.237. The molecule has 0 aromatic rings. The van der Waals surface area contributed by atoms with Gasteiger partial charge in [-0.3, -0.25) is 4.90 Å². The van der Waals surface area contributed by atoms with Crippen molar-refractivity contribution >= 4 is 22.2 Å². The van der Waals surface area contributed by atoms with Gasteiger partial charge in [0.25, 0.3) is 0 Å². The Hall–Kier alpha value is -1.17. The van der Waals surface area contributed by atoms with Crippen LogP contribution in [-0.4, -0.2) is 22.6 Å². The molecule has 1 N–H and O–H groups in total. The normalized spacial score (nSPS) is 16.8. The lowest BCUT2D eigenvalue weighted by Crippen LogP contribution is -2.26. The number of rotatable bonds is 1. The van der Waals surface area contributed by atoms with Crippen molar-refractivity contribution in [3.05, 3.63) is 24.0 Å². The predicted octanol–water partition coefficient (Wildman–Crippen LogP) is 2.14. The number of hydrogen-bond donors (Lipinski definition) is 1. The number of carbonyl (C=O) groups is 1. The lowest BCUT2D eigenvalue weighted by molar-refractivity contribution is 0.165. The van der Waals surface area contributed by atoms with Gasteiger partial charge in [0.1, 0.15) is 16.1 Å². The smallest absolute Gasteiger partial charge is 0.411 e. The molecule has 1 rings (SSSR count). The van der Waals surface area contributed by atoms with Crippen LogP contribution >= 0.6 is 16.1 Å². The highest BCUT2D eigenvalue weighted by Gasteiger charge is 2.12. The van der Waals surface area contributed by atoms with Crippen LogP contribution in [0.5, 0.6) is 0 Å². The average Bonchev–Trinajstić information content (AvgIpc) is 2.05. The SMILES string of the molecule is O=C(O)N1C=CC=C(N=NBr)C1. The molecule has 5 nitrogen and oxygen atoms in total. The van der Waals surface area contributed by atoms with Gasteiger partial charge < -0.3 is 5.11 Å². The summed E-state index contributed by atoms with van der Waals surface area (Å²) in [4.78, 5) is 11.6. The highest BCUT2D eigenvalue weighted by Crippen LogP contribution is 2.09. The second kappa shape index (κ2) is 4.01. The van der Waals surface area contributed by atoms with E-state index in [-0.39, 0.29) is 6.54 Å². The van der Waals surface area contributed by atoms with Crippen LogP contribution in [0.2, 0.25) is 0 Å². The molecule has 1 amide bonds. The van der Waals surface area contributed by atoms with Crippen molar-refractivity contribution < 1.29 is 9.90 Å². The summed E-state index contributed by atoms with van der Waals surface area (Å²) in [6.45, 7) is 0.237. The van der Waals surface area contributed by atoms with Crippen molar-refractivity contribution in [2.75, 3.05) is 6.54 Å². The number of halogens is 1. The summed E-state index contributed by atoms with van der Waals surface area (Å²) in [5, 5.41) is 12.3. The molecule has 0 aromatic heterocycles. The van der Waals surface area contributed by atoms with Crippen molar-refractivity contribution in [1.82, 2.24) is 4.90 Å². The van der Waals surface area contributed by atoms with Crippen LogP contribution in [0, 0.1) is 0 Å². The van der Waals surface area contributed by atoms with Gasteiger partial charge in [0, 0.05) is 6.20 Å². The molecule has 1 aliphatic heterocycles. The Balaban J connectivity index is 2.67. The fourth-order valence-electron chi connectivity index (χ4n) is 0.783. The van der Waals surface area contributed by atoms with Gasteiger partial charge >= 0.3 is 6.09 Å². The number of amides is 1. The van der Waals surface area contributed by atoms with Crippen molar-refractivity contribution in [2.45, 2.75) is 0 Å². The monoisotopic (exact) mass is 231 g/mol. The highest BCUT2D eigenvalue weighted by molar-refractivity contribution is 9.08. The fourth-order valence-corrected chi connectivity index (χ4v) is 0.987. The van der Waals surface area contributed by atoms with E-state index in [1.54, 1.807) is 12.2 Å². The van der Waals surface area contributed by atoms with Crippen molar-refractivity contribution in [3.8, 4) is 0 Å². The van der Waals surface area contributed by atoms with E-state index in [9.17, 15) is 4.79 Å². The highest BCUT2D eigenvalue weighted by atomic mass is 79.9. The van der Waals surface area contributed by atoms with Crippen molar-refractivity contribution in [1.29, 1.82) is 0 Å². The second-order valence-electron chi connectivity index (χ2n) is 2.09. The summed E-state index contributed by atoms with van der Waals surface area (Å²) >= 11 is 2.77. The van der Waals surface area contributed by atoms with Crippen LogP contribution in [0.1, 0.15) is 0 Å². The zero-order valence-electron chi connectivity index (χ0n) is 6.01. The van der Waals surface area contributed by atoms with Gasteiger partial charge in [0.05, 0.1) is 12.2 Å². The minimum Gasteiger partial charge on any atom is -0.465 e. The molecule has 1 heterocycles. The zero-order valence-corrected chi connectivity index (χ0v) is 7.60. The van der Waals surface area contributed by atoms with Crippen molar-refractivity contribution in [2.24, 2.45) is 9.25 Å². The van der Waals surface area contributed by atoms with Gasteiger partial charge in [-0.2, -0.15) is 0 Å². The Labute approximate surface area is 77.4 Å². The molecule has 0 aliphatic carbocycles. The van der Waals surface area contributed by atoms with Crippen LogP contribution in [0.3, 0.4) is 0 Å². The van der Waals surface area contributed by atoms with E-state index < -0.39 is 6.09 Å². The first-order valence-electron chi connectivity index (χ1n) is 3.13. The Morgan fingerprint density at radius 1 is 1.75 bits per heavy atom. The summed E-state index contributed by atoms with van der Waals surface area (Å²) in [5.74, 6) is 0. The van der Waals surface area contributed by atoms with E-state index in [4.69, 9.17) is 5.11 Å². The van der Waals surface area contributed by atoms with Crippen LogP contribution in [0.15, 0.2) is 33.3 Å². The maximum atomic E-state index is 10.5. The van der Waals surface area contributed by atoms with Gasteiger partial charge in [-0.1, -0.05) is 0 Å². The van der Waals surface area contributed by atoms with E-state index >= 15 is 0 Å². The Morgan fingerprint density at radius 2 is 2.50 bits per heavy atom. The third kappa shape index (κ3) is 2.16. The standard InChI is InChI=1S/C6H6BrN3O2/c7-9-8-5-2-1-3-10(4-5)6(11)12/h1-3H,4H2,(H,11,12). The van der Waals surface area contributed by atoms with Crippen LogP contribution in [0.4, 0.5) is 4.79 Å². The molecule has 0 aromatic carbocycles. The van der Waals surface area contributed by atoms with Crippen LogP contribution < -0.4 is 0 Å². The second-order valence-corrected chi connectivity index (χ2v) is 2.40. The van der Waals surface area contributed by atoms with E-state index in [2.05, 4.69) is 25.4 Å². The Kier molecular flexibility index (Phi) is 2.98. The van der Waals surface area contributed by atoms with Crippen molar-refractivity contribution in [3.63, 3.8) is 0 Å². The molecule has 0 bridgehead atoms. The minimum atomic E-state index is -0.998. The molecule has 12 heavy (non-hydrogen) atoms. The maximum Gasteiger partial charge on any atom is 0.411 e. The number of nitrogens with zero attached hydrogens (tertiary/aromatic N) is 3. The first kappa shape index (κ1) is 8.92. The molecule has 0 unspecified atom stereocenters. The van der Waals surface area contributed by atoms with Gasteiger partial charge in [-0.05, 0) is 12.2 Å². The summed E-state index contributed by atoms with van der Waals surface area (Å²) in [7, 11) is 0. The molecular formula is C6H6BrN3O2. The average molecular weight is 232 g/mol. The van der Waals surface area contributed by atoms with Gasteiger partial charge in [-0.25, -0.2) is 4.79 Å². The first-order valence-corrected chi connectivity index (χ1v) is 3.84. The van der Waals surface area contributed by atoms with Gasteiger partial charge in [-0.15, -0.1) is 9.25 Å². The molecule has 0 spiro atoms. The number of allylic oxidation sites excluding steroid dienone is 2. The largest absolute Gasteiger partial charge is 0.465 e. The lowest BCUT2D eigenvalue weighted by Gasteiger charge is -2.16. The van der Waals surface area contributed by atoms with Crippen LogP contribution in [0.25, 0.3) is 0 Å². The number of carboxylic acid groups (broad SMARTS) is 1. The van der Waals surface area contributed by atoms with Gasteiger partial charge in [0.2, 0.25) is 0 Å². The lowest BCUT2D eigenvalue weighted by atomic mass is 10.3. The maximum absolute atomic E-state index is 10.5. The predicted molar refractivity (Wildman–Crippen MR) is 45.7 cm³/mol. The Morgan fingerprint density at radius 3 is 3.08 bits per heavy atom. The molecule has 0 saturated carbocycles. The molecule has 0 fully saturated rings. The third-order valence-corrected chi connectivity index (χ3v) is 1.46. The molecular weight excluding hydrogens is 226 g/mol. The summed E-state index contributed by atoms with van der Waals surface area (Å²) < 4.78 is 3.37. The summed E-state index contributed by atoms with van der Waals surface area (Å²) in [6, 6.07) is 0. The molecule has 0 radical (unpaired) electrons. The topological polar surface area (TPSA) is 65.3 Å². The third-order valence-electron chi connectivity index (χ3n) is 1.30. The van der Waals surface area contributed by atoms with Gasteiger partial charge in [0.15, 0.2) is 0 Å². The summed E-state index contributed by atoms with van der Waals surface area (Å²) in [5.41, 5.74) is 0.594. The Bertz CT molecular complexity index is 272. The summed E-state index contributed by atoms with van der Waals surface area (Å²) in [6.07, 6.45) is 3.77. The molecule has 6 heteroatoms. The fraction of sp³-hybridized carbons (Fsp3) is 0.167. The van der Waals surface area contributed by atoms with E-state index in [1.807, 2.05) is 0 Å². The molecule has 1 aliphatic rings. The zero-order chi connectivity index (χ0) is 8.97. The number of hydrogen-bond acceptors (Lipinski definition) is 3. The van der Waals surface area contributed by atoms with E-state index in [0.717, 1.165) is 4.90 Å². The van der Waals surface area contributed by atoms with Crippen LogP contribution in [-0.2, 0) is 0 Å². The van der Waals surface area contributed by atoms with E-state index in [1.165, 1.54) is 6.20 Å². The van der Waals surface area contributed by atoms with E-state index in [0.29, 0.717) is 5.70 Å². The molecule has 0 atom stereocenters. The first-order chi connectivity index (χ1) is 5.74. The molecule has 64 valence electrons. The molecule has 0 saturated heterocycles.